The first kappa shape index (κ1) is 53.1. The van der Waals surface area contributed by atoms with E-state index in [0.29, 0.717) is 44.8 Å². The van der Waals surface area contributed by atoms with Gasteiger partial charge < -0.3 is 44.1 Å². The smallest absolute Gasteiger partial charge is 0.355 e. The highest BCUT2D eigenvalue weighted by molar-refractivity contribution is 5.98. The van der Waals surface area contributed by atoms with Gasteiger partial charge in [0.1, 0.15) is 12.1 Å². The zero-order valence-electron chi connectivity index (χ0n) is 43.3. The van der Waals surface area contributed by atoms with E-state index in [1.807, 2.05) is 64.2 Å². The molecule has 18 heteroatoms. The minimum absolute atomic E-state index is 0.00579. The van der Waals surface area contributed by atoms with Crippen LogP contribution in [-0.2, 0) is 58.1 Å². The first-order valence-corrected chi connectivity index (χ1v) is 25.3. The number of carbonyl (C=O) groups excluding carboxylic acids is 5. The third-order valence-electron chi connectivity index (χ3n) is 14.7. The van der Waals surface area contributed by atoms with E-state index in [1.54, 1.807) is 27.2 Å². The fourth-order valence-electron chi connectivity index (χ4n) is 10.7. The van der Waals surface area contributed by atoms with Crippen molar-refractivity contribution in [2.45, 2.75) is 96.2 Å². The Kier molecular flexibility index (Phi) is 15.8. The average Bonchev–Trinajstić information content (AvgIpc) is 3.91. The number of ether oxygens (including phenoxy) is 3. The highest BCUT2D eigenvalue weighted by atomic mass is 16.6. The lowest BCUT2D eigenvalue weighted by Crippen LogP contribution is -2.67. The summed E-state index contributed by atoms with van der Waals surface area (Å²) in [6.07, 6.45) is 2.06. The summed E-state index contributed by atoms with van der Waals surface area (Å²) in [4.78, 5) is 80.3. The number of nitrogens with one attached hydrogen (secondary N) is 2. The number of β-amino-alcohol motifs (C(OH)–C–C–N with tert-alkyl or cyclic N) is 1. The maximum absolute atomic E-state index is 14.8. The van der Waals surface area contributed by atoms with Crippen LogP contribution in [0.4, 0.5) is 0 Å². The van der Waals surface area contributed by atoms with Gasteiger partial charge >= 0.3 is 5.97 Å². The third-order valence-corrected chi connectivity index (χ3v) is 14.7. The highest BCUT2D eigenvalue weighted by Gasteiger charge is 2.49. The van der Waals surface area contributed by atoms with Crippen LogP contribution in [0.2, 0.25) is 0 Å². The van der Waals surface area contributed by atoms with Crippen LogP contribution in [0.5, 0.6) is 0 Å². The van der Waals surface area contributed by atoms with E-state index in [1.165, 1.54) is 16.8 Å². The summed E-state index contributed by atoms with van der Waals surface area (Å²) in [6.45, 7) is 12.3. The lowest BCUT2D eigenvalue weighted by atomic mass is 9.84. The number of likely N-dealkylation sites (tertiary alicyclic amines) is 1. The molecule has 6 bridgehead atoms. The number of rotatable bonds is 9. The molecule has 3 saturated heterocycles. The van der Waals surface area contributed by atoms with Crippen molar-refractivity contribution in [3.63, 3.8) is 0 Å². The standard InChI is InChI=1S/C55H70N8O10/c1-35(2)47(60(7)51(67)54(69)20-24-62(33-54)45(64)16-11-22-61-25-27-72-28-26-61)49(65)57-43-30-37-13-9-14-38(29-37)39-17-18-44-41(31-39)42(48(59(44)6)40-15-10-21-56-46(40)36(3)71-8)32-53(4,5)34-73-52(68)55(70)19-12-23-63(58-55)50(43)66/h9-10,13-15,17-18,21,29,31,35-36,43,47,58,69-70H,12,19-20,22-28,30,32-34H2,1-8H3,(H,57,65)/t36-,43-,47-,54+,55-/m0/s1. The first-order chi connectivity index (χ1) is 34.7. The Bertz CT molecular complexity index is 2810. The van der Waals surface area contributed by atoms with E-state index < -0.39 is 64.3 Å². The second-order valence-corrected chi connectivity index (χ2v) is 21.2. The second-order valence-electron chi connectivity index (χ2n) is 21.2. The molecule has 390 valence electrons. The Labute approximate surface area is 427 Å². The maximum Gasteiger partial charge on any atom is 0.355 e. The topological polar surface area (TPSA) is 208 Å². The van der Waals surface area contributed by atoms with E-state index in [0.717, 1.165) is 49.6 Å². The van der Waals surface area contributed by atoms with E-state index in [9.17, 15) is 34.2 Å². The molecular formula is C55H70N8O10. The van der Waals surface area contributed by atoms with Crippen LogP contribution in [-0.4, -0.2) is 166 Å². The largest absolute Gasteiger partial charge is 0.462 e. The Hall–Kier alpha value is -6.20. The summed E-state index contributed by atoms with van der Waals surface area (Å²) < 4.78 is 19.3. The Morgan fingerprint density at radius 2 is 1.75 bits per heavy atom. The monoisotopic (exact) mass is 1000 g/mol. The van der Waals surface area contributed by atoms with Gasteiger partial charge in [-0.3, -0.25) is 34.1 Å². The number of aliphatic hydroxyl groups is 2. The number of esters is 1. The maximum atomic E-state index is 14.8. The lowest BCUT2D eigenvalue weighted by Gasteiger charge is -2.40. The number of nitrogens with zero attached hydrogens (tertiary/aromatic N) is 6. The number of likely N-dealkylation sites (N-methyl/N-ethyl adjacent to an activating group) is 1. The van der Waals surface area contributed by atoms with Gasteiger partial charge in [0, 0.05) is 94.7 Å². The fraction of sp³-hybridized carbons (Fsp3) is 0.527. The van der Waals surface area contributed by atoms with E-state index in [-0.39, 0.29) is 58.0 Å². The number of morpholine rings is 1. The number of benzene rings is 2. The van der Waals surface area contributed by atoms with E-state index >= 15 is 0 Å². The number of aryl methyl sites for hydroxylation is 1. The molecule has 6 heterocycles. The van der Waals surface area contributed by atoms with E-state index in [4.69, 9.17) is 19.2 Å². The van der Waals surface area contributed by atoms with Crippen LogP contribution in [0.3, 0.4) is 0 Å². The Balaban J connectivity index is 1.11. The normalized spacial score (nSPS) is 23.5. The van der Waals surface area contributed by atoms with Crippen LogP contribution in [0, 0.1) is 23.2 Å². The molecular weight excluding hydrogens is 933 g/mol. The molecule has 0 aliphatic carbocycles. The molecule has 0 spiro atoms. The van der Waals surface area contributed by atoms with Gasteiger partial charge in [-0.2, -0.15) is 5.43 Å². The number of hydrogen-bond acceptors (Lipinski definition) is 13. The second kappa shape index (κ2) is 21.7. The molecule has 4 aromatic rings. The molecule has 3 fully saturated rings. The van der Waals surface area contributed by atoms with Crippen molar-refractivity contribution >= 4 is 40.5 Å². The number of aromatic nitrogens is 2. The zero-order chi connectivity index (χ0) is 52.4. The number of hydrazine groups is 1. The van der Waals surface area contributed by atoms with Gasteiger partial charge in [0.25, 0.3) is 17.7 Å². The summed E-state index contributed by atoms with van der Waals surface area (Å²) in [6, 6.07) is 15.5. The summed E-state index contributed by atoms with van der Waals surface area (Å²) in [5.41, 5.74) is 4.97. The number of hydrogen-bond donors (Lipinski definition) is 4. The van der Waals surface area contributed by atoms with Crippen LogP contribution in [0.1, 0.15) is 76.8 Å². The molecule has 73 heavy (non-hydrogen) atoms. The summed E-state index contributed by atoms with van der Waals surface area (Å²) in [7, 11) is 5.11. The Morgan fingerprint density at radius 3 is 2.49 bits per heavy atom. The summed E-state index contributed by atoms with van der Waals surface area (Å²) >= 11 is 0. The molecule has 4 aliphatic heterocycles. The minimum atomic E-state index is -2.27. The molecule has 0 unspecified atom stereocenters. The van der Waals surface area contributed by atoms with Crippen molar-refractivity contribution in [3.8, 4) is 34.2 Å². The average molecular weight is 1000 g/mol. The minimum Gasteiger partial charge on any atom is -0.462 e. The van der Waals surface area contributed by atoms with Crippen LogP contribution in [0.25, 0.3) is 33.3 Å². The van der Waals surface area contributed by atoms with Gasteiger partial charge in [-0.15, -0.1) is 0 Å². The highest BCUT2D eigenvalue weighted by Crippen LogP contribution is 2.41. The number of fused-ring (bicyclic) bond motifs is 6. The molecule has 18 nitrogen and oxygen atoms in total. The van der Waals surface area contributed by atoms with Crippen LogP contribution >= 0.6 is 0 Å². The van der Waals surface area contributed by atoms with Gasteiger partial charge in [0.15, 0.2) is 5.60 Å². The molecule has 8 rings (SSSR count). The van der Waals surface area contributed by atoms with Crippen molar-refractivity contribution < 1.29 is 48.4 Å². The van der Waals surface area contributed by atoms with Gasteiger partial charge in [-0.25, -0.2) is 4.79 Å². The fourth-order valence-corrected chi connectivity index (χ4v) is 10.7. The van der Waals surface area contributed by atoms with Crippen molar-refractivity contribution in [2.75, 3.05) is 73.2 Å². The number of methoxy groups -OCH3 is 1. The van der Waals surface area contributed by atoms with Crippen molar-refractivity contribution in [1.29, 1.82) is 0 Å². The number of cyclic esters (lactones) is 1. The molecule has 0 radical (unpaired) electrons. The molecule has 0 saturated carbocycles. The molecule has 2 aromatic heterocycles. The first-order valence-electron chi connectivity index (χ1n) is 25.3. The van der Waals surface area contributed by atoms with Crippen LogP contribution < -0.4 is 10.7 Å². The number of pyridine rings is 1. The van der Waals surface area contributed by atoms with Crippen LogP contribution in [0.15, 0.2) is 60.8 Å². The summed E-state index contributed by atoms with van der Waals surface area (Å²) in [5, 5.41) is 28.8. The van der Waals surface area contributed by atoms with Crippen molar-refractivity contribution in [3.05, 3.63) is 77.6 Å². The van der Waals surface area contributed by atoms with Gasteiger partial charge in [-0.05, 0) is 78.1 Å². The van der Waals surface area contributed by atoms with Gasteiger partial charge in [-0.1, -0.05) is 63.9 Å². The summed E-state index contributed by atoms with van der Waals surface area (Å²) in [5.74, 6) is 1.57. The quantitative estimate of drug-likeness (QED) is 0.140. The molecule has 4 amide bonds. The molecule has 5 atom stereocenters. The third kappa shape index (κ3) is 11.3. The Morgan fingerprint density at radius 1 is 1.00 bits per heavy atom. The van der Waals surface area contributed by atoms with Crippen molar-refractivity contribution in [2.24, 2.45) is 18.4 Å². The van der Waals surface area contributed by atoms with Gasteiger partial charge in [0.2, 0.25) is 11.6 Å². The molecule has 4 N–H and O–H groups in total. The van der Waals surface area contributed by atoms with E-state index in [2.05, 4.69) is 50.2 Å². The molecule has 2 aromatic carbocycles. The predicted molar refractivity (Wildman–Crippen MR) is 273 cm³/mol. The zero-order valence-corrected chi connectivity index (χ0v) is 43.3. The lowest BCUT2D eigenvalue weighted by molar-refractivity contribution is -0.189. The van der Waals surface area contributed by atoms with Gasteiger partial charge in [0.05, 0.1) is 50.4 Å². The van der Waals surface area contributed by atoms with Crippen molar-refractivity contribution in [1.82, 2.24) is 40.0 Å². The molecule has 4 aliphatic rings. The number of amides is 4. The SMILES string of the molecule is CO[C@@H](C)c1ncccc1-c1c2c3cc(ccc3n1C)-c1cccc(c1)C[C@H](NC(=O)[C@H](C(C)C)N(C)C(=O)[C@@]1(O)CCN(C(=O)C#CCN3CCOCC3)C1)C(=O)N1CCC[C@@](O)(N1)C(=O)OCC(C)(C)C2. The predicted octanol–water partition coefficient (Wildman–Crippen LogP) is 3.37. The number of carbonyl (C=O) groups is 5.